The molecule has 7 nitrogen and oxygen atoms in total. The molecule has 0 amide bonds. The number of ether oxygens (including phenoxy) is 1. The molecule has 0 radical (unpaired) electrons. The van der Waals surface area contributed by atoms with Crippen LogP contribution in [0.2, 0.25) is 0 Å². The van der Waals surface area contributed by atoms with Crippen LogP contribution in [0.25, 0.3) is 0 Å². The topological polar surface area (TPSA) is 82.2 Å². The molecular formula is C15H20N4O3. The van der Waals surface area contributed by atoms with Crippen molar-refractivity contribution in [2.45, 2.75) is 20.0 Å². The zero-order valence-electron chi connectivity index (χ0n) is 12.9. The molecule has 1 atom stereocenters. The van der Waals surface area contributed by atoms with Crippen molar-refractivity contribution in [1.29, 1.82) is 0 Å². The minimum atomic E-state index is -0.414. The van der Waals surface area contributed by atoms with E-state index >= 15 is 0 Å². The van der Waals surface area contributed by atoms with Crippen molar-refractivity contribution < 1.29 is 9.66 Å². The van der Waals surface area contributed by atoms with Crippen LogP contribution in [0.3, 0.4) is 0 Å². The van der Waals surface area contributed by atoms with Gasteiger partial charge in [0.15, 0.2) is 0 Å². The summed E-state index contributed by atoms with van der Waals surface area (Å²) in [5, 5.41) is 18.4. The molecule has 1 unspecified atom stereocenters. The average molecular weight is 304 g/mol. The van der Waals surface area contributed by atoms with Gasteiger partial charge in [0.2, 0.25) is 5.82 Å². The fraction of sp³-hybridized carbons (Fsp3) is 0.400. The number of aromatic nitrogens is 2. The maximum atomic E-state index is 11.2. The summed E-state index contributed by atoms with van der Waals surface area (Å²) in [4.78, 5) is 10.8. The number of nitrogens with one attached hydrogen (secondary N) is 1. The summed E-state index contributed by atoms with van der Waals surface area (Å²) < 4.78 is 7.22. The number of hydrogen-bond acceptors (Lipinski definition) is 5. The quantitative estimate of drug-likeness (QED) is 0.628. The fourth-order valence-electron chi connectivity index (χ4n) is 2.39. The Morgan fingerprint density at radius 2 is 2.09 bits per heavy atom. The van der Waals surface area contributed by atoms with E-state index in [1.807, 2.05) is 37.3 Å². The van der Waals surface area contributed by atoms with E-state index in [0.717, 1.165) is 5.56 Å². The lowest BCUT2D eigenvalue weighted by molar-refractivity contribution is -0.384. The predicted molar refractivity (Wildman–Crippen MR) is 83.9 cm³/mol. The molecule has 0 aliphatic heterocycles. The molecule has 7 heteroatoms. The number of anilines is 1. The first-order valence-corrected chi connectivity index (χ1v) is 7.13. The van der Waals surface area contributed by atoms with Gasteiger partial charge in [0.05, 0.1) is 11.0 Å². The highest BCUT2D eigenvalue weighted by Crippen LogP contribution is 2.28. The van der Waals surface area contributed by atoms with E-state index in [2.05, 4.69) is 10.4 Å². The molecule has 118 valence electrons. The third-order valence-electron chi connectivity index (χ3n) is 3.37. The Balaban J connectivity index is 2.18. The SMILES string of the molecule is CCOC(CNc1c([N+](=O)[O-])c(C)nn1C)c1ccccc1. The van der Waals surface area contributed by atoms with Crippen molar-refractivity contribution >= 4 is 11.5 Å². The van der Waals surface area contributed by atoms with Crippen LogP contribution in [0.5, 0.6) is 0 Å². The van der Waals surface area contributed by atoms with Gasteiger partial charge in [-0.15, -0.1) is 0 Å². The van der Waals surface area contributed by atoms with Crippen LogP contribution in [0, 0.1) is 17.0 Å². The number of hydrogen-bond donors (Lipinski definition) is 1. The largest absolute Gasteiger partial charge is 0.372 e. The van der Waals surface area contributed by atoms with Gasteiger partial charge in [-0.05, 0) is 19.4 Å². The van der Waals surface area contributed by atoms with Crippen molar-refractivity contribution in [3.05, 3.63) is 51.7 Å². The molecule has 1 aromatic heterocycles. The Morgan fingerprint density at radius 3 is 2.68 bits per heavy atom. The molecule has 0 aliphatic rings. The van der Waals surface area contributed by atoms with Crippen LogP contribution in [-0.4, -0.2) is 27.9 Å². The van der Waals surface area contributed by atoms with Crippen LogP contribution in [0.1, 0.15) is 24.3 Å². The Labute approximate surface area is 129 Å². The van der Waals surface area contributed by atoms with E-state index in [1.54, 1.807) is 14.0 Å². The molecule has 1 N–H and O–H groups in total. The van der Waals surface area contributed by atoms with Crippen LogP contribution in [0.15, 0.2) is 30.3 Å². The summed E-state index contributed by atoms with van der Waals surface area (Å²) in [6.45, 7) is 4.54. The van der Waals surface area contributed by atoms with E-state index in [9.17, 15) is 10.1 Å². The summed E-state index contributed by atoms with van der Waals surface area (Å²) in [5.41, 5.74) is 1.42. The van der Waals surface area contributed by atoms with Crippen LogP contribution in [-0.2, 0) is 11.8 Å². The number of aryl methyl sites for hydroxylation is 2. The van der Waals surface area contributed by atoms with E-state index in [0.29, 0.717) is 24.7 Å². The first-order chi connectivity index (χ1) is 10.5. The van der Waals surface area contributed by atoms with Crippen molar-refractivity contribution in [3.8, 4) is 0 Å². The number of rotatable bonds is 7. The minimum Gasteiger partial charge on any atom is -0.372 e. The van der Waals surface area contributed by atoms with Gasteiger partial charge in [-0.1, -0.05) is 30.3 Å². The maximum Gasteiger partial charge on any atom is 0.333 e. The fourth-order valence-corrected chi connectivity index (χ4v) is 2.39. The van der Waals surface area contributed by atoms with E-state index < -0.39 is 4.92 Å². The third kappa shape index (κ3) is 3.43. The first-order valence-electron chi connectivity index (χ1n) is 7.13. The Morgan fingerprint density at radius 1 is 1.41 bits per heavy atom. The second-order valence-electron chi connectivity index (χ2n) is 4.90. The molecule has 0 saturated heterocycles. The molecule has 1 heterocycles. The van der Waals surface area contributed by atoms with Gasteiger partial charge in [-0.2, -0.15) is 5.10 Å². The maximum absolute atomic E-state index is 11.2. The summed E-state index contributed by atoms with van der Waals surface area (Å²) in [7, 11) is 1.68. The Bertz CT molecular complexity index is 640. The highest BCUT2D eigenvalue weighted by atomic mass is 16.6. The normalized spacial score (nSPS) is 12.1. The van der Waals surface area contributed by atoms with Crippen LogP contribution < -0.4 is 5.32 Å². The molecule has 0 saturated carbocycles. The van der Waals surface area contributed by atoms with Crippen LogP contribution >= 0.6 is 0 Å². The van der Waals surface area contributed by atoms with E-state index in [-0.39, 0.29) is 11.8 Å². The molecule has 0 fully saturated rings. The molecule has 22 heavy (non-hydrogen) atoms. The number of nitrogens with zero attached hydrogens (tertiary/aromatic N) is 3. The lowest BCUT2D eigenvalue weighted by Crippen LogP contribution is -2.18. The van der Waals surface area contributed by atoms with Gasteiger partial charge in [0, 0.05) is 20.2 Å². The minimum absolute atomic E-state index is 0.00538. The second-order valence-corrected chi connectivity index (χ2v) is 4.90. The average Bonchev–Trinajstić information content (AvgIpc) is 2.78. The molecule has 0 spiro atoms. The van der Waals surface area contributed by atoms with Gasteiger partial charge >= 0.3 is 5.69 Å². The first kappa shape index (κ1) is 16.0. The summed E-state index contributed by atoms with van der Waals surface area (Å²) in [6.07, 6.45) is -0.180. The van der Waals surface area contributed by atoms with Crippen molar-refractivity contribution in [2.24, 2.45) is 7.05 Å². The predicted octanol–water partition coefficient (Wildman–Crippen LogP) is 2.83. The van der Waals surface area contributed by atoms with Crippen LogP contribution in [0.4, 0.5) is 11.5 Å². The van der Waals surface area contributed by atoms with Crippen molar-refractivity contribution in [2.75, 3.05) is 18.5 Å². The summed E-state index contributed by atoms with van der Waals surface area (Å²) >= 11 is 0. The number of nitro groups is 1. The molecule has 2 aromatic rings. The molecule has 0 aliphatic carbocycles. The summed E-state index contributed by atoms with van der Waals surface area (Å²) in [6, 6.07) is 9.78. The molecule has 1 aromatic carbocycles. The van der Waals surface area contributed by atoms with Gasteiger partial charge in [0.1, 0.15) is 5.69 Å². The smallest absolute Gasteiger partial charge is 0.333 e. The lowest BCUT2D eigenvalue weighted by Gasteiger charge is -2.18. The van der Waals surface area contributed by atoms with Gasteiger partial charge in [0.25, 0.3) is 0 Å². The van der Waals surface area contributed by atoms with E-state index in [4.69, 9.17) is 4.74 Å². The zero-order valence-corrected chi connectivity index (χ0v) is 12.9. The number of benzene rings is 1. The lowest BCUT2D eigenvalue weighted by atomic mass is 10.1. The Hall–Kier alpha value is -2.41. The Kier molecular flexibility index (Phi) is 5.11. The molecular weight excluding hydrogens is 284 g/mol. The van der Waals surface area contributed by atoms with Gasteiger partial charge < -0.3 is 10.1 Å². The van der Waals surface area contributed by atoms with Gasteiger partial charge in [-0.25, -0.2) is 4.68 Å². The third-order valence-corrected chi connectivity index (χ3v) is 3.37. The van der Waals surface area contributed by atoms with Gasteiger partial charge in [-0.3, -0.25) is 10.1 Å². The zero-order chi connectivity index (χ0) is 16.1. The van der Waals surface area contributed by atoms with Crippen molar-refractivity contribution in [1.82, 2.24) is 9.78 Å². The molecule has 2 rings (SSSR count). The highest BCUT2D eigenvalue weighted by Gasteiger charge is 2.24. The van der Waals surface area contributed by atoms with Crippen molar-refractivity contribution in [3.63, 3.8) is 0 Å². The molecule has 0 bridgehead atoms. The second kappa shape index (κ2) is 7.04. The summed E-state index contributed by atoms with van der Waals surface area (Å²) in [5.74, 6) is 0.392. The highest BCUT2D eigenvalue weighted by molar-refractivity contribution is 5.59. The van der Waals surface area contributed by atoms with E-state index in [1.165, 1.54) is 4.68 Å². The standard InChI is InChI=1S/C15H20N4O3/c1-4-22-13(12-8-6-5-7-9-12)10-16-15-14(19(20)21)11(2)17-18(15)3/h5-9,13,16H,4,10H2,1-3H3. The monoisotopic (exact) mass is 304 g/mol.